The fraction of sp³-hybridized carbons (Fsp3) is 0.308. The van der Waals surface area contributed by atoms with Crippen molar-refractivity contribution in [2.75, 3.05) is 12.4 Å². The van der Waals surface area contributed by atoms with Gasteiger partial charge in [-0.2, -0.15) is 0 Å². The van der Waals surface area contributed by atoms with E-state index in [1.165, 1.54) is 11.8 Å². The maximum atomic E-state index is 11.7. The Morgan fingerprint density at radius 2 is 2.16 bits per heavy atom. The van der Waals surface area contributed by atoms with Crippen LogP contribution in [0.25, 0.3) is 0 Å². The van der Waals surface area contributed by atoms with Crippen molar-refractivity contribution in [1.82, 2.24) is 5.32 Å². The first-order valence-corrected chi connectivity index (χ1v) is 7.24. The summed E-state index contributed by atoms with van der Waals surface area (Å²) in [5.41, 5.74) is 0.926. The highest BCUT2D eigenvalue weighted by molar-refractivity contribution is 8.24. The zero-order valence-electron chi connectivity index (χ0n) is 10.1. The van der Waals surface area contributed by atoms with E-state index in [0.717, 1.165) is 5.56 Å². The van der Waals surface area contributed by atoms with Crippen LogP contribution in [0.15, 0.2) is 30.3 Å². The van der Waals surface area contributed by atoms with E-state index >= 15 is 0 Å². The first-order chi connectivity index (χ1) is 9.16. The Balaban J connectivity index is 1.77. The van der Waals surface area contributed by atoms with Gasteiger partial charge >= 0.3 is 5.97 Å². The summed E-state index contributed by atoms with van der Waals surface area (Å²) in [5, 5.41) is 2.64. The second kappa shape index (κ2) is 6.68. The highest BCUT2D eigenvalue weighted by atomic mass is 32.2. The summed E-state index contributed by atoms with van der Waals surface area (Å²) >= 11 is 6.53. The van der Waals surface area contributed by atoms with Gasteiger partial charge in [0.15, 0.2) is 0 Å². The van der Waals surface area contributed by atoms with Crippen LogP contribution in [0.2, 0.25) is 0 Å². The van der Waals surface area contributed by atoms with Crippen molar-refractivity contribution < 1.29 is 14.3 Å². The molecule has 1 fully saturated rings. The second-order valence-electron chi connectivity index (χ2n) is 4.02. The average Bonchev–Trinajstić information content (AvgIpc) is 2.82. The second-order valence-corrected chi connectivity index (χ2v) is 5.67. The molecule has 0 radical (unpaired) electrons. The molecule has 1 aromatic rings. The van der Waals surface area contributed by atoms with Crippen LogP contribution >= 0.6 is 24.0 Å². The summed E-state index contributed by atoms with van der Waals surface area (Å²) in [6.45, 7) is 0.374. The fourth-order valence-electron chi connectivity index (χ4n) is 1.65. The molecular formula is C13H13NO3S2. The number of ether oxygens (including phenoxy) is 1. The Morgan fingerprint density at radius 3 is 2.79 bits per heavy atom. The summed E-state index contributed by atoms with van der Waals surface area (Å²) in [7, 11) is 0. The third-order valence-corrected chi connectivity index (χ3v) is 4.11. The Bertz CT molecular complexity index is 490. The van der Waals surface area contributed by atoms with Crippen LogP contribution < -0.4 is 5.32 Å². The van der Waals surface area contributed by atoms with E-state index in [0.29, 0.717) is 17.2 Å². The summed E-state index contributed by atoms with van der Waals surface area (Å²) in [6, 6.07) is 9.02. The molecule has 1 aliphatic heterocycles. The lowest BCUT2D eigenvalue weighted by Crippen LogP contribution is -2.39. The number of thiocarbonyl (C=S) groups is 1. The molecule has 0 aromatic heterocycles. The van der Waals surface area contributed by atoms with E-state index < -0.39 is 6.04 Å². The maximum absolute atomic E-state index is 11.7. The first kappa shape index (κ1) is 14.0. The SMILES string of the molecule is O=C(CSC(=S)c1ccccc1)NC1CCOC1=O. The van der Waals surface area contributed by atoms with Crippen LogP contribution in [0.3, 0.4) is 0 Å². The number of carbonyl (C=O) groups excluding carboxylic acids is 2. The van der Waals surface area contributed by atoms with Crippen molar-refractivity contribution in [3.8, 4) is 0 Å². The van der Waals surface area contributed by atoms with E-state index in [1.54, 1.807) is 0 Å². The largest absolute Gasteiger partial charge is 0.464 e. The van der Waals surface area contributed by atoms with Gasteiger partial charge in [-0.3, -0.25) is 4.79 Å². The van der Waals surface area contributed by atoms with Gasteiger partial charge in [0.05, 0.1) is 16.6 Å². The molecule has 6 heteroatoms. The fourth-order valence-corrected chi connectivity index (χ4v) is 2.61. The van der Waals surface area contributed by atoms with E-state index in [9.17, 15) is 9.59 Å². The summed E-state index contributed by atoms with van der Waals surface area (Å²) in [5.74, 6) is -0.353. The molecule has 19 heavy (non-hydrogen) atoms. The van der Waals surface area contributed by atoms with Crippen LogP contribution in [0, 0.1) is 0 Å². The molecule has 0 spiro atoms. The molecule has 1 saturated heterocycles. The molecule has 1 heterocycles. The van der Waals surface area contributed by atoms with Crippen molar-refractivity contribution in [3.05, 3.63) is 35.9 Å². The van der Waals surface area contributed by atoms with Crippen molar-refractivity contribution in [2.24, 2.45) is 0 Å². The van der Waals surface area contributed by atoms with Crippen LogP contribution in [0.5, 0.6) is 0 Å². The van der Waals surface area contributed by atoms with Crippen LogP contribution in [-0.4, -0.2) is 34.5 Å². The molecule has 1 aromatic carbocycles. The lowest BCUT2D eigenvalue weighted by Gasteiger charge is -2.08. The number of amides is 1. The number of thioether (sulfide) groups is 1. The Labute approximate surface area is 120 Å². The number of rotatable bonds is 4. The number of benzene rings is 1. The predicted octanol–water partition coefficient (Wildman–Crippen LogP) is 1.53. The highest BCUT2D eigenvalue weighted by Crippen LogP contribution is 2.14. The standard InChI is InChI=1S/C13H13NO3S2/c15-11(14-10-6-7-17-12(10)16)8-19-13(18)9-4-2-1-3-5-9/h1-5,10H,6-8H2,(H,14,15). The highest BCUT2D eigenvalue weighted by Gasteiger charge is 2.27. The lowest BCUT2D eigenvalue weighted by atomic mass is 10.2. The van der Waals surface area contributed by atoms with Gasteiger partial charge in [0.1, 0.15) is 6.04 Å². The Morgan fingerprint density at radius 1 is 1.42 bits per heavy atom. The first-order valence-electron chi connectivity index (χ1n) is 5.85. The Hall–Kier alpha value is -1.40. The molecule has 0 aliphatic carbocycles. The van der Waals surface area contributed by atoms with Gasteiger partial charge in [0, 0.05) is 6.42 Å². The number of cyclic esters (lactones) is 1. The third-order valence-electron chi connectivity index (χ3n) is 2.61. The summed E-state index contributed by atoms with van der Waals surface area (Å²) < 4.78 is 5.45. The molecule has 100 valence electrons. The quantitative estimate of drug-likeness (QED) is 0.674. The van der Waals surface area contributed by atoms with E-state index in [-0.39, 0.29) is 17.6 Å². The summed E-state index contributed by atoms with van der Waals surface area (Å²) in [4.78, 5) is 22.9. The molecule has 2 rings (SSSR count). The van der Waals surface area contributed by atoms with Crippen LogP contribution in [0.4, 0.5) is 0 Å². The molecule has 0 saturated carbocycles. The topological polar surface area (TPSA) is 55.4 Å². The monoisotopic (exact) mass is 295 g/mol. The number of esters is 1. The number of nitrogens with one attached hydrogen (secondary N) is 1. The third kappa shape index (κ3) is 4.04. The molecular weight excluding hydrogens is 282 g/mol. The Kier molecular flexibility index (Phi) is 4.93. The molecule has 4 nitrogen and oxygen atoms in total. The van der Waals surface area contributed by atoms with Gasteiger partial charge in [-0.15, -0.1) is 11.8 Å². The molecule has 1 amide bonds. The van der Waals surface area contributed by atoms with E-state index in [2.05, 4.69) is 5.32 Å². The molecule has 0 bridgehead atoms. The number of carbonyl (C=O) groups is 2. The molecule has 1 atom stereocenters. The lowest BCUT2D eigenvalue weighted by molar-refractivity contribution is -0.141. The van der Waals surface area contributed by atoms with Gasteiger partial charge in [-0.1, -0.05) is 42.5 Å². The minimum absolute atomic E-state index is 0.202. The van der Waals surface area contributed by atoms with Crippen molar-refractivity contribution in [1.29, 1.82) is 0 Å². The molecule has 1 N–H and O–H groups in total. The van der Waals surface area contributed by atoms with Crippen molar-refractivity contribution in [3.63, 3.8) is 0 Å². The molecule has 1 unspecified atom stereocenters. The minimum atomic E-state index is -0.501. The normalized spacial score (nSPS) is 17.9. The number of hydrogen-bond acceptors (Lipinski definition) is 5. The van der Waals surface area contributed by atoms with Gasteiger partial charge in [-0.25, -0.2) is 4.79 Å². The number of hydrogen-bond donors (Lipinski definition) is 1. The zero-order chi connectivity index (χ0) is 13.7. The van der Waals surface area contributed by atoms with Crippen LogP contribution in [-0.2, 0) is 14.3 Å². The van der Waals surface area contributed by atoms with Gasteiger partial charge in [0.25, 0.3) is 0 Å². The maximum Gasteiger partial charge on any atom is 0.328 e. The summed E-state index contributed by atoms with van der Waals surface area (Å²) in [6.07, 6.45) is 0.540. The average molecular weight is 295 g/mol. The zero-order valence-corrected chi connectivity index (χ0v) is 11.8. The van der Waals surface area contributed by atoms with Crippen molar-refractivity contribution in [2.45, 2.75) is 12.5 Å². The van der Waals surface area contributed by atoms with E-state index in [4.69, 9.17) is 17.0 Å². The van der Waals surface area contributed by atoms with Crippen molar-refractivity contribution >= 4 is 40.1 Å². The minimum Gasteiger partial charge on any atom is -0.464 e. The molecule has 1 aliphatic rings. The smallest absolute Gasteiger partial charge is 0.328 e. The van der Waals surface area contributed by atoms with Gasteiger partial charge in [-0.05, 0) is 5.56 Å². The van der Waals surface area contributed by atoms with E-state index in [1.807, 2.05) is 30.3 Å². The predicted molar refractivity (Wildman–Crippen MR) is 78.1 cm³/mol. The van der Waals surface area contributed by atoms with Gasteiger partial charge < -0.3 is 10.1 Å². The van der Waals surface area contributed by atoms with Gasteiger partial charge in [0.2, 0.25) is 5.91 Å². The van der Waals surface area contributed by atoms with Crippen LogP contribution in [0.1, 0.15) is 12.0 Å².